The van der Waals surface area contributed by atoms with E-state index in [0.29, 0.717) is 18.1 Å². The van der Waals surface area contributed by atoms with E-state index in [1.165, 1.54) is 36.8 Å². The van der Waals surface area contributed by atoms with Crippen LogP contribution in [0.15, 0.2) is 36.7 Å². The first-order chi connectivity index (χ1) is 12.2. The summed E-state index contributed by atoms with van der Waals surface area (Å²) < 4.78 is 0. The first-order valence-corrected chi connectivity index (χ1v) is 9.13. The predicted molar refractivity (Wildman–Crippen MR) is 99.5 cm³/mol. The van der Waals surface area contributed by atoms with Gasteiger partial charge < -0.3 is 10.6 Å². The van der Waals surface area contributed by atoms with Gasteiger partial charge in [0.1, 0.15) is 11.5 Å². The molecule has 0 aliphatic heterocycles. The molecule has 5 nitrogen and oxygen atoms in total. The molecule has 0 atom stereocenters. The Hall–Kier alpha value is -2.43. The number of aromatic nitrogens is 2. The minimum atomic E-state index is -0.121. The zero-order chi connectivity index (χ0) is 17.5. The van der Waals surface area contributed by atoms with Crippen LogP contribution < -0.4 is 10.6 Å². The van der Waals surface area contributed by atoms with E-state index >= 15 is 0 Å². The van der Waals surface area contributed by atoms with Crippen molar-refractivity contribution in [2.45, 2.75) is 58.0 Å². The van der Waals surface area contributed by atoms with Gasteiger partial charge in [0.05, 0.1) is 12.4 Å². The largest absolute Gasteiger partial charge is 0.365 e. The Labute approximate surface area is 149 Å². The summed E-state index contributed by atoms with van der Waals surface area (Å²) in [6.07, 6.45) is 10.2. The normalized spacial score (nSPS) is 15.4. The summed E-state index contributed by atoms with van der Waals surface area (Å²) in [6, 6.07) is 8.59. The van der Waals surface area contributed by atoms with E-state index in [1.807, 2.05) is 6.07 Å². The molecule has 0 radical (unpaired) electrons. The summed E-state index contributed by atoms with van der Waals surface area (Å²) in [6.45, 7) is 2.76. The van der Waals surface area contributed by atoms with Crippen LogP contribution in [0.2, 0.25) is 0 Å². The number of nitrogens with zero attached hydrogens (tertiary/aromatic N) is 2. The minimum absolute atomic E-state index is 0.121. The molecule has 2 N–H and O–H groups in total. The first-order valence-electron chi connectivity index (χ1n) is 9.13. The zero-order valence-corrected chi connectivity index (χ0v) is 14.8. The third-order valence-electron chi connectivity index (χ3n) is 4.63. The molecule has 1 aromatic heterocycles. The highest BCUT2D eigenvalue weighted by Crippen LogP contribution is 2.17. The molecule has 132 valence electrons. The third kappa shape index (κ3) is 5.28. The van der Waals surface area contributed by atoms with E-state index in [-0.39, 0.29) is 11.9 Å². The number of amides is 1. The number of hydrogen-bond acceptors (Lipinski definition) is 4. The molecule has 1 aromatic carbocycles. The van der Waals surface area contributed by atoms with Crippen LogP contribution in [-0.4, -0.2) is 21.9 Å². The minimum Gasteiger partial charge on any atom is -0.365 e. The monoisotopic (exact) mass is 338 g/mol. The van der Waals surface area contributed by atoms with Crippen molar-refractivity contribution in [2.75, 3.05) is 5.32 Å². The van der Waals surface area contributed by atoms with Crippen LogP contribution in [0, 0.1) is 6.92 Å². The average molecular weight is 338 g/mol. The Bertz CT molecular complexity index is 691. The van der Waals surface area contributed by atoms with Crippen molar-refractivity contribution in [3.8, 4) is 0 Å². The van der Waals surface area contributed by atoms with Gasteiger partial charge in [-0.2, -0.15) is 0 Å². The molecular weight excluding hydrogens is 312 g/mol. The smallest absolute Gasteiger partial charge is 0.271 e. The lowest BCUT2D eigenvalue weighted by atomic mass is 10.1. The van der Waals surface area contributed by atoms with Crippen molar-refractivity contribution in [2.24, 2.45) is 0 Å². The number of aryl methyl sites for hydroxylation is 1. The van der Waals surface area contributed by atoms with Gasteiger partial charge in [0.2, 0.25) is 0 Å². The second-order valence-electron chi connectivity index (χ2n) is 6.79. The molecule has 1 aliphatic rings. The van der Waals surface area contributed by atoms with Crippen LogP contribution in [0.1, 0.15) is 60.1 Å². The van der Waals surface area contributed by atoms with Gasteiger partial charge >= 0.3 is 0 Å². The molecule has 0 unspecified atom stereocenters. The lowest BCUT2D eigenvalue weighted by molar-refractivity contribution is 0.0928. The van der Waals surface area contributed by atoms with Crippen molar-refractivity contribution in [3.05, 3.63) is 53.5 Å². The molecule has 0 spiro atoms. The summed E-state index contributed by atoms with van der Waals surface area (Å²) in [5.74, 6) is 0.553. The number of carbonyl (C=O) groups is 1. The van der Waals surface area contributed by atoms with E-state index in [0.717, 1.165) is 12.8 Å². The number of hydrogen-bond donors (Lipinski definition) is 2. The number of carbonyl (C=O) groups excluding carboxylic acids is 1. The maximum absolute atomic E-state index is 12.3. The second kappa shape index (κ2) is 8.60. The molecule has 1 heterocycles. The van der Waals surface area contributed by atoms with E-state index in [2.05, 4.69) is 45.7 Å². The highest BCUT2D eigenvalue weighted by atomic mass is 16.1. The Kier molecular flexibility index (Phi) is 5.99. The van der Waals surface area contributed by atoms with E-state index in [1.54, 1.807) is 12.4 Å². The van der Waals surface area contributed by atoms with Crippen molar-refractivity contribution in [1.82, 2.24) is 15.3 Å². The molecule has 0 saturated heterocycles. The number of nitrogens with one attached hydrogen (secondary N) is 2. The molecule has 0 bridgehead atoms. The van der Waals surface area contributed by atoms with Crippen molar-refractivity contribution < 1.29 is 4.79 Å². The molecular formula is C20H26N4O. The molecule has 25 heavy (non-hydrogen) atoms. The first kappa shape index (κ1) is 17.4. The number of rotatable bonds is 5. The highest BCUT2D eigenvalue weighted by molar-refractivity contribution is 5.92. The molecule has 1 saturated carbocycles. The van der Waals surface area contributed by atoms with Gasteiger partial charge in [-0.3, -0.25) is 4.79 Å². The molecule has 3 rings (SSSR count). The summed E-state index contributed by atoms with van der Waals surface area (Å²) in [5, 5.41) is 6.34. The van der Waals surface area contributed by atoms with Gasteiger partial charge in [0, 0.05) is 12.6 Å². The van der Waals surface area contributed by atoms with Gasteiger partial charge in [0.25, 0.3) is 5.91 Å². The van der Waals surface area contributed by atoms with E-state index < -0.39 is 0 Å². The molecule has 1 fully saturated rings. The van der Waals surface area contributed by atoms with Gasteiger partial charge in [0.15, 0.2) is 0 Å². The van der Waals surface area contributed by atoms with Crippen molar-refractivity contribution in [1.29, 1.82) is 0 Å². The van der Waals surface area contributed by atoms with Crippen LogP contribution in [0.4, 0.5) is 5.82 Å². The third-order valence-corrected chi connectivity index (χ3v) is 4.63. The van der Waals surface area contributed by atoms with Crippen LogP contribution in [0.3, 0.4) is 0 Å². The fraction of sp³-hybridized carbons (Fsp3) is 0.450. The highest BCUT2D eigenvalue weighted by Gasteiger charge is 2.16. The summed E-state index contributed by atoms with van der Waals surface area (Å²) in [7, 11) is 0. The van der Waals surface area contributed by atoms with Gasteiger partial charge in [-0.05, 0) is 25.3 Å². The van der Waals surface area contributed by atoms with E-state index in [4.69, 9.17) is 0 Å². The van der Waals surface area contributed by atoms with Gasteiger partial charge in [-0.25, -0.2) is 9.97 Å². The Morgan fingerprint density at radius 2 is 1.92 bits per heavy atom. The summed E-state index contributed by atoms with van der Waals surface area (Å²) in [4.78, 5) is 20.9. The fourth-order valence-corrected chi connectivity index (χ4v) is 3.23. The topological polar surface area (TPSA) is 66.9 Å². The van der Waals surface area contributed by atoms with E-state index in [9.17, 15) is 4.79 Å². The summed E-state index contributed by atoms with van der Waals surface area (Å²) >= 11 is 0. The van der Waals surface area contributed by atoms with Crippen molar-refractivity contribution >= 4 is 11.7 Å². The van der Waals surface area contributed by atoms with Gasteiger partial charge in [-0.1, -0.05) is 55.5 Å². The SMILES string of the molecule is Cc1cccc(CNc2cnc(C(=O)NC3CCCCCC3)cn2)c1. The lowest BCUT2D eigenvalue weighted by Gasteiger charge is -2.15. The quantitative estimate of drug-likeness (QED) is 0.813. The lowest BCUT2D eigenvalue weighted by Crippen LogP contribution is -2.34. The van der Waals surface area contributed by atoms with Crippen LogP contribution in [0.5, 0.6) is 0 Å². The average Bonchev–Trinajstić information content (AvgIpc) is 2.89. The second-order valence-corrected chi connectivity index (χ2v) is 6.79. The Balaban J connectivity index is 1.53. The fourth-order valence-electron chi connectivity index (χ4n) is 3.23. The number of anilines is 1. The van der Waals surface area contributed by atoms with Gasteiger partial charge in [-0.15, -0.1) is 0 Å². The molecule has 2 aromatic rings. The molecule has 1 aliphatic carbocycles. The molecule has 1 amide bonds. The Morgan fingerprint density at radius 3 is 2.60 bits per heavy atom. The maximum atomic E-state index is 12.3. The number of benzene rings is 1. The van der Waals surface area contributed by atoms with Crippen molar-refractivity contribution in [3.63, 3.8) is 0 Å². The maximum Gasteiger partial charge on any atom is 0.271 e. The van der Waals surface area contributed by atoms with Crippen LogP contribution >= 0.6 is 0 Å². The predicted octanol–water partition coefficient (Wildman–Crippen LogP) is 3.85. The molecule has 5 heteroatoms. The van der Waals surface area contributed by atoms with Crippen LogP contribution in [0.25, 0.3) is 0 Å². The summed E-state index contributed by atoms with van der Waals surface area (Å²) in [5.41, 5.74) is 2.80. The van der Waals surface area contributed by atoms with Crippen LogP contribution in [-0.2, 0) is 6.54 Å². The Morgan fingerprint density at radius 1 is 1.12 bits per heavy atom. The standard InChI is InChI=1S/C20H26N4O/c1-15-7-6-8-16(11-15)12-22-19-14-21-18(13-23-19)20(25)24-17-9-4-2-3-5-10-17/h6-8,11,13-14,17H,2-5,9-10,12H2,1H3,(H,22,23)(H,24,25). The zero-order valence-electron chi connectivity index (χ0n) is 14.8.